The van der Waals surface area contributed by atoms with Gasteiger partial charge in [-0.3, -0.25) is 9.48 Å². The Labute approximate surface area is 102 Å². The fourth-order valence-electron chi connectivity index (χ4n) is 1.89. The highest BCUT2D eigenvalue weighted by molar-refractivity contribution is 5.97. The number of carbonyl (C=O) groups is 1. The molecular weight excluding hydrogens is 232 g/mol. The first-order valence-corrected chi connectivity index (χ1v) is 5.29. The van der Waals surface area contributed by atoms with Crippen molar-refractivity contribution >= 4 is 16.8 Å². The van der Waals surface area contributed by atoms with Crippen LogP contribution >= 0.6 is 0 Å². The minimum atomic E-state index is -0.611. The van der Waals surface area contributed by atoms with Crippen LogP contribution in [-0.2, 0) is 7.05 Å². The third-order valence-corrected chi connectivity index (χ3v) is 2.68. The molecule has 2 heterocycles. The lowest BCUT2D eigenvalue weighted by atomic mass is 10.1. The Morgan fingerprint density at radius 1 is 1.39 bits per heavy atom. The Morgan fingerprint density at radius 3 is 3.00 bits per heavy atom. The van der Waals surface area contributed by atoms with Crippen molar-refractivity contribution in [1.29, 1.82) is 0 Å². The zero-order chi connectivity index (χ0) is 12.7. The predicted octanol–water partition coefficient (Wildman–Crippen LogP) is 0.457. The molecule has 0 saturated carbocycles. The van der Waals surface area contributed by atoms with E-state index in [0.29, 0.717) is 5.69 Å². The van der Waals surface area contributed by atoms with Gasteiger partial charge in [0.15, 0.2) is 5.69 Å². The second kappa shape index (κ2) is 3.66. The molecule has 1 aromatic carbocycles. The summed E-state index contributed by atoms with van der Waals surface area (Å²) in [6, 6.07) is 5.62. The molecule has 18 heavy (non-hydrogen) atoms. The van der Waals surface area contributed by atoms with E-state index in [0.717, 1.165) is 16.5 Å². The Hall–Kier alpha value is -2.70. The van der Waals surface area contributed by atoms with Gasteiger partial charge in [-0.15, -0.1) is 0 Å². The number of fused-ring (bicyclic) bond motifs is 1. The summed E-state index contributed by atoms with van der Waals surface area (Å²) in [6.07, 6.45) is 1.91. The van der Waals surface area contributed by atoms with E-state index in [2.05, 4.69) is 20.5 Å². The Kier molecular flexibility index (Phi) is 2.12. The van der Waals surface area contributed by atoms with Crippen LogP contribution in [0, 0.1) is 0 Å². The van der Waals surface area contributed by atoms with Crippen molar-refractivity contribution in [2.24, 2.45) is 12.8 Å². The molecule has 0 saturated heterocycles. The third-order valence-electron chi connectivity index (χ3n) is 2.68. The molecule has 0 atom stereocenters. The number of hydrogen-bond donors (Lipinski definition) is 2. The highest BCUT2D eigenvalue weighted by Crippen LogP contribution is 2.23. The molecule has 90 valence electrons. The molecule has 7 heteroatoms. The predicted molar refractivity (Wildman–Crippen MR) is 64.6 cm³/mol. The lowest BCUT2D eigenvalue weighted by Crippen LogP contribution is -2.12. The first kappa shape index (κ1) is 10.5. The number of nitrogens with two attached hydrogens (primary N) is 1. The number of nitrogens with one attached hydrogen (secondary N) is 1. The molecule has 3 rings (SSSR count). The van der Waals surface area contributed by atoms with Gasteiger partial charge in [0.05, 0.1) is 5.52 Å². The number of primary amides is 1. The molecule has 3 N–H and O–H groups in total. The number of aryl methyl sites for hydroxylation is 1. The molecule has 0 aliphatic rings. The average Bonchev–Trinajstić information content (AvgIpc) is 2.91. The first-order chi connectivity index (χ1) is 8.65. The maximum atomic E-state index is 11.2. The van der Waals surface area contributed by atoms with Crippen molar-refractivity contribution in [1.82, 2.24) is 25.2 Å². The smallest absolute Gasteiger partial charge is 0.271 e. The molecule has 3 aromatic rings. The first-order valence-electron chi connectivity index (χ1n) is 5.29. The second-order valence-electron chi connectivity index (χ2n) is 3.96. The minimum absolute atomic E-state index is 0.130. The van der Waals surface area contributed by atoms with Crippen LogP contribution in [0.4, 0.5) is 0 Å². The minimum Gasteiger partial charge on any atom is -0.364 e. The fraction of sp³-hybridized carbons (Fsp3) is 0.0909. The average molecular weight is 242 g/mol. The van der Waals surface area contributed by atoms with Gasteiger partial charge in [-0.05, 0) is 6.07 Å². The standard InChI is InChI=1S/C11H10N6O/c1-17-5-7-3-2-6(4-8(7)15-17)9-10(11(12)18)14-16-13-9/h2-5H,1H3,(H2,12,18)(H,13,14,16). The van der Waals surface area contributed by atoms with E-state index in [-0.39, 0.29) is 5.69 Å². The SMILES string of the molecule is Cn1cc2ccc(-c3n[nH]nc3C(N)=O)cc2n1. The van der Waals surface area contributed by atoms with Gasteiger partial charge in [-0.25, -0.2) is 0 Å². The van der Waals surface area contributed by atoms with Gasteiger partial charge in [0, 0.05) is 24.2 Å². The van der Waals surface area contributed by atoms with Crippen LogP contribution < -0.4 is 5.73 Å². The van der Waals surface area contributed by atoms with Crippen molar-refractivity contribution in [3.63, 3.8) is 0 Å². The summed E-state index contributed by atoms with van der Waals surface area (Å²) >= 11 is 0. The van der Waals surface area contributed by atoms with E-state index >= 15 is 0 Å². The number of nitrogens with zero attached hydrogens (tertiary/aromatic N) is 4. The molecule has 0 aliphatic heterocycles. The molecule has 0 spiro atoms. The number of aromatic amines is 1. The Balaban J connectivity index is 2.18. The van der Waals surface area contributed by atoms with Crippen molar-refractivity contribution in [3.8, 4) is 11.3 Å². The fourth-order valence-corrected chi connectivity index (χ4v) is 1.89. The van der Waals surface area contributed by atoms with Gasteiger partial charge in [0.25, 0.3) is 5.91 Å². The zero-order valence-electron chi connectivity index (χ0n) is 9.58. The molecule has 1 amide bonds. The number of rotatable bonds is 2. The lowest BCUT2D eigenvalue weighted by Gasteiger charge is -1.97. The normalized spacial score (nSPS) is 10.9. The van der Waals surface area contributed by atoms with Crippen molar-refractivity contribution in [3.05, 3.63) is 30.1 Å². The van der Waals surface area contributed by atoms with Crippen LogP contribution in [0.1, 0.15) is 10.5 Å². The highest BCUT2D eigenvalue weighted by atomic mass is 16.1. The van der Waals surface area contributed by atoms with Crippen LogP contribution in [0.25, 0.3) is 22.2 Å². The topological polar surface area (TPSA) is 102 Å². The quantitative estimate of drug-likeness (QED) is 0.681. The van der Waals surface area contributed by atoms with Crippen molar-refractivity contribution in [2.45, 2.75) is 0 Å². The summed E-state index contributed by atoms with van der Waals surface area (Å²) in [6.45, 7) is 0. The second-order valence-corrected chi connectivity index (χ2v) is 3.96. The Bertz CT molecular complexity index is 741. The summed E-state index contributed by atoms with van der Waals surface area (Å²) in [4.78, 5) is 11.2. The van der Waals surface area contributed by atoms with Gasteiger partial charge in [0.1, 0.15) is 5.69 Å². The molecular formula is C11H10N6O. The third kappa shape index (κ3) is 1.53. The van der Waals surface area contributed by atoms with Gasteiger partial charge >= 0.3 is 0 Å². The molecule has 0 aliphatic carbocycles. The molecule has 0 unspecified atom stereocenters. The van der Waals surface area contributed by atoms with Gasteiger partial charge in [-0.1, -0.05) is 12.1 Å². The zero-order valence-corrected chi connectivity index (χ0v) is 9.58. The van der Waals surface area contributed by atoms with Gasteiger partial charge in [0.2, 0.25) is 0 Å². The van der Waals surface area contributed by atoms with Crippen LogP contribution in [0.15, 0.2) is 24.4 Å². The van der Waals surface area contributed by atoms with Gasteiger partial charge < -0.3 is 5.73 Å². The van der Waals surface area contributed by atoms with Crippen molar-refractivity contribution < 1.29 is 4.79 Å². The number of carbonyl (C=O) groups excluding carboxylic acids is 1. The number of hydrogen-bond acceptors (Lipinski definition) is 4. The summed E-state index contributed by atoms with van der Waals surface area (Å²) in [7, 11) is 1.85. The van der Waals surface area contributed by atoms with Crippen molar-refractivity contribution in [2.75, 3.05) is 0 Å². The van der Waals surface area contributed by atoms with Crippen LogP contribution in [0.3, 0.4) is 0 Å². The molecule has 0 bridgehead atoms. The number of H-pyrrole nitrogens is 1. The number of aromatic nitrogens is 5. The Morgan fingerprint density at radius 2 is 2.22 bits per heavy atom. The molecule has 0 radical (unpaired) electrons. The maximum Gasteiger partial charge on any atom is 0.271 e. The van der Waals surface area contributed by atoms with E-state index < -0.39 is 5.91 Å². The largest absolute Gasteiger partial charge is 0.364 e. The number of amides is 1. The summed E-state index contributed by atoms with van der Waals surface area (Å²) in [5, 5.41) is 15.4. The number of benzene rings is 1. The maximum absolute atomic E-state index is 11.2. The molecule has 7 nitrogen and oxygen atoms in total. The van der Waals surface area contributed by atoms with E-state index in [1.165, 1.54) is 0 Å². The summed E-state index contributed by atoms with van der Waals surface area (Å²) in [5.74, 6) is -0.611. The summed E-state index contributed by atoms with van der Waals surface area (Å²) < 4.78 is 1.73. The van der Waals surface area contributed by atoms with E-state index in [4.69, 9.17) is 5.73 Å². The molecule has 0 fully saturated rings. The van der Waals surface area contributed by atoms with Gasteiger partial charge in [-0.2, -0.15) is 20.5 Å². The van der Waals surface area contributed by atoms with E-state index in [1.54, 1.807) is 4.68 Å². The van der Waals surface area contributed by atoms with Crippen LogP contribution in [-0.4, -0.2) is 31.1 Å². The van der Waals surface area contributed by atoms with E-state index in [1.807, 2.05) is 31.4 Å². The highest BCUT2D eigenvalue weighted by Gasteiger charge is 2.15. The van der Waals surface area contributed by atoms with E-state index in [9.17, 15) is 4.79 Å². The summed E-state index contributed by atoms with van der Waals surface area (Å²) in [5.41, 5.74) is 7.38. The van der Waals surface area contributed by atoms with Crippen LogP contribution in [0.2, 0.25) is 0 Å². The monoisotopic (exact) mass is 242 g/mol. The molecule has 2 aromatic heterocycles. The lowest BCUT2D eigenvalue weighted by molar-refractivity contribution is 0.0996. The van der Waals surface area contributed by atoms with Crippen LogP contribution in [0.5, 0.6) is 0 Å².